The van der Waals surface area contributed by atoms with Crippen molar-refractivity contribution in [2.45, 2.75) is 26.4 Å². The van der Waals surface area contributed by atoms with E-state index < -0.39 is 0 Å². The Hall–Kier alpha value is -3.02. The molecule has 2 N–H and O–H groups in total. The number of hydrogen-bond donors (Lipinski definition) is 2. The van der Waals surface area contributed by atoms with Crippen molar-refractivity contribution in [1.82, 2.24) is 10.3 Å². The van der Waals surface area contributed by atoms with Gasteiger partial charge < -0.3 is 19.8 Å². The molecule has 6 heteroatoms. The Bertz CT molecular complexity index is 871. The summed E-state index contributed by atoms with van der Waals surface area (Å²) >= 11 is 0. The summed E-state index contributed by atoms with van der Waals surface area (Å²) in [6.07, 6.45) is 0. The fourth-order valence-corrected chi connectivity index (χ4v) is 2.53. The third kappa shape index (κ3) is 4.09. The van der Waals surface area contributed by atoms with Gasteiger partial charge in [-0.3, -0.25) is 4.79 Å². The smallest absolute Gasteiger partial charge is 0.242 e. The van der Waals surface area contributed by atoms with Crippen LogP contribution in [-0.2, 0) is 11.3 Å². The number of amides is 1. The SMILES string of the molecule is COc1ccc(CNC(=O)C(C)Nc2ccc3oc(C)nc3c2)cc1. The molecule has 1 amide bonds. The molecule has 1 aromatic heterocycles. The summed E-state index contributed by atoms with van der Waals surface area (Å²) in [5, 5.41) is 6.11. The lowest BCUT2D eigenvalue weighted by atomic mass is 10.2. The highest BCUT2D eigenvalue weighted by molar-refractivity contribution is 5.85. The second kappa shape index (κ2) is 7.25. The van der Waals surface area contributed by atoms with Crippen LogP contribution in [0.4, 0.5) is 5.69 Å². The molecule has 0 bridgehead atoms. The zero-order chi connectivity index (χ0) is 17.8. The van der Waals surface area contributed by atoms with Gasteiger partial charge in [0.2, 0.25) is 5.91 Å². The van der Waals surface area contributed by atoms with E-state index in [-0.39, 0.29) is 11.9 Å². The molecule has 25 heavy (non-hydrogen) atoms. The van der Waals surface area contributed by atoms with E-state index in [1.54, 1.807) is 7.11 Å². The Labute approximate surface area is 146 Å². The topological polar surface area (TPSA) is 76.4 Å². The Balaban J connectivity index is 1.57. The van der Waals surface area contributed by atoms with Gasteiger partial charge in [0.15, 0.2) is 11.5 Å². The van der Waals surface area contributed by atoms with E-state index in [0.29, 0.717) is 12.4 Å². The maximum atomic E-state index is 12.3. The Morgan fingerprint density at radius 3 is 2.72 bits per heavy atom. The normalized spacial score (nSPS) is 12.0. The number of carbonyl (C=O) groups excluding carboxylic acids is 1. The third-order valence-corrected chi connectivity index (χ3v) is 3.90. The van der Waals surface area contributed by atoms with Crippen LogP contribution < -0.4 is 15.4 Å². The summed E-state index contributed by atoms with van der Waals surface area (Å²) in [5.74, 6) is 1.34. The van der Waals surface area contributed by atoms with Crippen LogP contribution in [0.25, 0.3) is 11.1 Å². The highest BCUT2D eigenvalue weighted by Crippen LogP contribution is 2.20. The average Bonchev–Trinajstić information content (AvgIpc) is 2.99. The minimum atomic E-state index is -0.372. The summed E-state index contributed by atoms with van der Waals surface area (Å²) in [7, 11) is 1.63. The number of carbonyl (C=O) groups is 1. The summed E-state index contributed by atoms with van der Waals surface area (Å²) < 4.78 is 10.6. The van der Waals surface area contributed by atoms with E-state index in [1.165, 1.54) is 0 Å². The van der Waals surface area contributed by atoms with Gasteiger partial charge in [0.05, 0.1) is 7.11 Å². The minimum Gasteiger partial charge on any atom is -0.497 e. The number of methoxy groups -OCH3 is 1. The number of anilines is 1. The van der Waals surface area contributed by atoms with E-state index in [9.17, 15) is 4.79 Å². The number of fused-ring (bicyclic) bond motifs is 1. The molecular weight excluding hydrogens is 318 g/mol. The van der Waals surface area contributed by atoms with Gasteiger partial charge in [-0.1, -0.05) is 12.1 Å². The largest absolute Gasteiger partial charge is 0.497 e. The van der Waals surface area contributed by atoms with Crippen LogP contribution in [0.3, 0.4) is 0 Å². The summed E-state index contributed by atoms with van der Waals surface area (Å²) in [4.78, 5) is 16.6. The molecule has 0 saturated heterocycles. The quantitative estimate of drug-likeness (QED) is 0.721. The van der Waals surface area contributed by atoms with Gasteiger partial charge in [0.1, 0.15) is 17.3 Å². The summed E-state index contributed by atoms with van der Waals surface area (Å²) in [6, 6.07) is 12.8. The van der Waals surface area contributed by atoms with E-state index in [1.807, 2.05) is 56.3 Å². The fraction of sp³-hybridized carbons (Fsp3) is 0.263. The van der Waals surface area contributed by atoms with Gasteiger partial charge in [-0.2, -0.15) is 0 Å². The van der Waals surface area contributed by atoms with Gasteiger partial charge in [-0.05, 0) is 42.8 Å². The molecule has 1 atom stereocenters. The number of oxazole rings is 1. The van der Waals surface area contributed by atoms with Crippen molar-refractivity contribution in [2.24, 2.45) is 0 Å². The number of nitrogens with zero attached hydrogens (tertiary/aromatic N) is 1. The number of ether oxygens (including phenoxy) is 1. The van der Waals surface area contributed by atoms with E-state index in [4.69, 9.17) is 9.15 Å². The molecule has 3 aromatic rings. The molecule has 130 valence electrons. The van der Waals surface area contributed by atoms with Gasteiger partial charge >= 0.3 is 0 Å². The minimum absolute atomic E-state index is 0.0766. The molecule has 1 heterocycles. The van der Waals surface area contributed by atoms with Crippen molar-refractivity contribution in [1.29, 1.82) is 0 Å². The molecule has 2 aromatic carbocycles. The standard InChI is InChI=1S/C19H21N3O3/c1-12(19(23)20-11-14-4-7-16(24-3)8-5-14)21-15-6-9-18-17(10-15)22-13(2)25-18/h4-10,12,21H,11H2,1-3H3,(H,20,23). The van der Waals surface area contributed by atoms with E-state index >= 15 is 0 Å². The van der Waals surface area contributed by atoms with Gasteiger partial charge in [-0.25, -0.2) is 4.98 Å². The molecule has 0 spiro atoms. The predicted molar refractivity (Wildman–Crippen MR) is 96.7 cm³/mol. The number of hydrogen-bond acceptors (Lipinski definition) is 5. The highest BCUT2D eigenvalue weighted by Gasteiger charge is 2.13. The number of rotatable bonds is 6. The molecule has 0 radical (unpaired) electrons. The van der Waals surface area contributed by atoms with Crippen molar-refractivity contribution in [3.05, 3.63) is 53.9 Å². The van der Waals surface area contributed by atoms with Crippen molar-refractivity contribution in [2.75, 3.05) is 12.4 Å². The zero-order valence-corrected chi connectivity index (χ0v) is 14.5. The van der Waals surface area contributed by atoms with Crippen LogP contribution in [0.2, 0.25) is 0 Å². The predicted octanol–water partition coefficient (Wildman–Crippen LogP) is 3.26. The number of aromatic nitrogens is 1. The second-order valence-electron chi connectivity index (χ2n) is 5.85. The van der Waals surface area contributed by atoms with Crippen LogP contribution in [0.5, 0.6) is 5.75 Å². The molecule has 3 rings (SSSR count). The van der Waals surface area contributed by atoms with Crippen LogP contribution >= 0.6 is 0 Å². The van der Waals surface area contributed by atoms with E-state index in [0.717, 1.165) is 28.1 Å². The van der Waals surface area contributed by atoms with Crippen molar-refractivity contribution < 1.29 is 13.9 Å². The number of benzene rings is 2. The first-order valence-corrected chi connectivity index (χ1v) is 8.09. The van der Waals surface area contributed by atoms with Gasteiger partial charge in [-0.15, -0.1) is 0 Å². The Kier molecular flexibility index (Phi) is 4.88. The van der Waals surface area contributed by atoms with Crippen LogP contribution in [-0.4, -0.2) is 24.0 Å². The van der Waals surface area contributed by atoms with Crippen LogP contribution in [0.1, 0.15) is 18.4 Å². The number of nitrogens with one attached hydrogen (secondary N) is 2. The lowest BCUT2D eigenvalue weighted by Crippen LogP contribution is -2.37. The molecule has 0 aliphatic carbocycles. The lowest BCUT2D eigenvalue weighted by Gasteiger charge is -2.15. The van der Waals surface area contributed by atoms with Gasteiger partial charge in [0, 0.05) is 19.2 Å². The fourth-order valence-electron chi connectivity index (χ4n) is 2.53. The Morgan fingerprint density at radius 1 is 1.24 bits per heavy atom. The third-order valence-electron chi connectivity index (χ3n) is 3.90. The molecule has 1 unspecified atom stereocenters. The number of aryl methyl sites for hydroxylation is 1. The highest BCUT2D eigenvalue weighted by atomic mass is 16.5. The van der Waals surface area contributed by atoms with Crippen LogP contribution in [0, 0.1) is 6.92 Å². The second-order valence-corrected chi connectivity index (χ2v) is 5.85. The first kappa shape index (κ1) is 16.8. The Morgan fingerprint density at radius 2 is 2.00 bits per heavy atom. The average molecular weight is 339 g/mol. The van der Waals surface area contributed by atoms with Crippen molar-refractivity contribution in [3.8, 4) is 5.75 Å². The first-order valence-electron chi connectivity index (χ1n) is 8.09. The maximum Gasteiger partial charge on any atom is 0.242 e. The molecule has 0 saturated carbocycles. The zero-order valence-electron chi connectivity index (χ0n) is 14.5. The molecule has 0 aliphatic rings. The van der Waals surface area contributed by atoms with Crippen molar-refractivity contribution in [3.63, 3.8) is 0 Å². The molecule has 0 aliphatic heterocycles. The lowest BCUT2D eigenvalue weighted by molar-refractivity contribution is -0.121. The molecule has 6 nitrogen and oxygen atoms in total. The molecular formula is C19H21N3O3. The first-order chi connectivity index (χ1) is 12.0. The van der Waals surface area contributed by atoms with Gasteiger partial charge in [0.25, 0.3) is 0 Å². The van der Waals surface area contributed by atoms with Crippen LogP contribution in [0.15, 0.2) is 46.9 Å². The monoisotopic (exact) mass is 339 g/mol. The summed E-state index contributed by atoms with van der Waals surface area (Å²) in [6.45, 7) is 4.10. The van der Waals surface area contributed by atoms with E-state index in [2.05, 4.69) is 15.6 Å². The maximum absolute atomic E-state index is 12.3. The van der Waals surface area contributed by atoms with Crippen molar-refractivity contribution >= 4 is 22.7 Å². The summed E-state index contributed by atoms with van der Waals surface area (Å²) in [5.41, 5.74) is 3.35. The molecule has 0 fully saturated rings.